The van der Waals surface area contributed by atoms with E-state index in [-0.39, 0.29) is 18.2 Å². The van der Waals surface area contributed by atoms with Crippen molar-refractivity contribution in [3.63, 3.8) is 0 Å². The average molecular weight is 426 g/mol. The van der Waals surface area contributed by atoms with E-state index in [4.69, 9.17) is 0 Å². The summed E-state index contributed by atoms with van der Waals surface area (Å²) >= 11 is 0. The van der Waals surface area contributed by atoms with Crippen LogP contribution in [-0.4, -0.2) is 38.8 Å². The Balaban J connectivity index is 1.50. The molecule has 160 valence electrons. The minimum atomic E-state index is -4.42. The van der Waals surface area contributed by atoms with Crippen molar-refractivity contribution in [2.24, 2.45) is 0 Å². The van der Waals surface area contributed by atoms with Gasteiger partial charge in [-0.25, -0.2) is 4.98 Å². The van der Waals surface area contributed by atoms with Gasteiger partial charge in [-0.3, -0.25) is 14.8 Å². The molecule has 8 heteroatoms. The second-order valence-corrected chi connectivity index (χ2v) is 7.62. The standard InChI is InChI=1S/C23H21F3N4O/c24-23(25,26)19-7-1-5-17(11-19)20-13-28-14-21(29-20)18-6-3-9-30(15-18)22(31)10-16-4-2-8-27-12-16/h1-2,4-5,7-8,11-14,18H,3,6,9-10,15H2. The van der Waals surface area contributed by atoms with E-state index >= 15 is 0 Å². The molecule has 0 N–H and O–H groups in total. The number of rotatable bonds is 4. The van der Waals surface area contributed by atoms with Crippen LogP contribution in [0.3, 0.4) is 0 Å². The lowest BCUT2D eigenvalue weighted by molar-refractivity contribution is -0.137. The zero-order valence-corrected chi connectivity index (χ0v) is 16.7. The zero-order chi connectivity index (χ0) is 21.8. The lowest BCUT2D eigenvalue weighted by atomic mass is 9.94. The maximum absolute atomic E-state index is 13.1. The highest BCUT2D eigenvalue weighted by atomic mass is 19.4. The van der Waals surface area contributed by atoms with Crippen LogP contribution >= 0.6 is 0 Å². The number of nitrogens with zero attached hydrogens (tertiary/aromatic N) is 4. The number of alkyl halides is 3. The molecule has 0 spiro atoms. The van der Waals surface area contributed by atoms with E-state index in [1.54, 1.807) is 30.7 Å². The van der Waals surface area contributed by atoms with Crippen LogP contribution in [-0.2, 0) is 17.4 Å². The van der Waals surface area contributed by atoms with Crippen molar-refractivity contribution in [3.05, 3.63) is 78.0 Å². The monoisotopic (exact) mass is 426 g/mol. The molecule has 0 aliphatic carbocycles. The van der Waals surface area contributed by atoms with Gasteiger partial charge in [-0.15, -0.1) is 0 Å². The number of amides is 1. The number of carbonyl (C=O) groups excluding carboxylic acids is 1. The Morgan fingerprint density at radius 2 is 1.97 bits per heavy atom. The van der Waals surface area contributed by atoms with Crippen LogP contribution in [0, 0.1) is 0 Å². The molecule has 1 aliphatic rings. The molecule has 5 nitrogen and oxygen atoms in total. The molecule has 1 atom stereocenters. The third kappa shape index (κ3) is 5.07. The smallest absolute Gasteiger partial charge is 0.342 e. The summed E-state index contributed by atoms with van der Waals surface area (Å²) in [5.41, 5.74) is 1.59. The summed E-state index contributed by atoms with van der Waals surface area (Å²) < 4.78 is 39.2. The van der Waals surface area contributed by atoms with Crippen LogP contribution in [0.5, 0.6) is 0 Å². The first-order chi connectivity index (χ1) is 14.9. The minimum Gasteiger partial charge on any atom is -0.342 e. The molecule has 3 aromatic rings. The first kappa shape index (κ1) is 21.0. The molecule has 1 aliphatic heterocycles. The first-order valence-corrected chi connectivity index (χ1v) is 10.1. The highest BCUT2D eigenvalue weighted by molar-refractivity contribution is 5.78. The third-order valence-electron chi connectivity index (χ3n) is 5.41. The molecule has 1 amide bonds. The van der Waals surface area contributed by atoms with Crippen molar-refractivity contribution in [2.45, 2.75) is 31.4 Å². The van der Waals surface area contributed by atoms with E-state index in [1.165, 1.54) is 12.3 Å². The Morgan fingerprint density at radius 3 is 2.74 bits per heavy atom. The van der Waals surface area contributed by atoms with Gasteiger partial charge >= 0.3 is 6.18 Å². The van der Waals surface area contributed by atoms with Gasteiger partial charge in [0.1, 0.15) is 0 Å². The zero-order valence-electron chi connectivity index (χ0n) is 16.7. The normalized spacial score (nSPS) is 16.9. The van der Waals surface area contributed by atoms with Crippen LogP contribution in [0.2, 0.25) is 0 Å². The largest absolute Gasteiger partial charge is 0.416 e. The molecular formula is C23H21F3N4O. The number of halogens is 3. The molecule has 4 rings (SSSR count). The quantitative estimate of drug-likeness (QED) is 0.616. The van der Waals surface area contributed by atoms with Gasteiger partial charge in [-0.05, 0) is 36.6 Å². The molecule has 3 heterocycles. The summed E-state index contributed by atoms with van der Waals surface area (Å²) in [6.45, 7) is 1.19. The van der Waals surface area contributed by atoms with Gasteiger partial charge in [0.05, 0.1) is 29.6 Å². The number of piperidine rings is 1. The maximum Gasteiger partial charge on any atom is 0.416 e. The lowest BCUT2D eigenvalue weighted by Crippen LogP contribution is -2.40. The predicted molar refractivity (Wildman–Crippen MR) is 109 cm³/mol. The van der Waals surface area contributed by atoms with Gasteiger partial charge in [0.2, 0.25) is 5.91 Å². The van der Waals surface area contributed by atoms with Crippen LogP contribution in [0.4, 0.5) is 13.2 Å². The Labute approximate surface area is 178 Å². The highest BCUT2D eigenvalue weighted by Crippen LogP contribution is 2.32. The van der Waals surface area contributed by atoms with Crippen molar-refractivity contribution in [1.82, 2.24) is 19.9 Å². The number of hydrogen-bond acceptors (Lipinski definition) is 4. The molecular weight excluding hydrogens is 405 g/mol. The number of pyridine rings is 1. The van der Waals surface area contributed by atoms with Crippen LogP contribution in [0.15, 0.2) is 61.2 Å². The fourth-order valence-corrected chi connectivity index (χ4v) is 3.81. The molecule has 0 radical (unpaired) electrons. The number of carbonyl (C=O) groups is 1. The van der Waals surface area contributed by atoms with Crippen molar-refractivity contribution in [1.29, 1.82) is 0 Å². The van der Waals surface area contributed by atoms with Gasteiger partial charge < -0.3 is 4.90 Å². The van der Waals surface area contributed by atoms with E-state index in [9.17, 15) is 18.0 Å². The van der Waals surface area contributed by atoms with Gasteiger partial charge in [0.25, 0.3) is 0 Å². The second-order valence-electron chi connectivity index (χ2n) is 7.62. The summed E-state index contributed by atoms with van der Waals surface area (Å²) in [5, 5.41) is 0. The molecule has 1 unspecified atom stereocenters. The SMILES string of the molecule is O=C(Cc1cccnc1)N1CCCC(c2cncc(-c3cccc(C(F)(F)F)c3)n2)C1. The van der Waals surface area contributed by atoms with Crippen molar-refractivity contribution < 1.29 is 18.0 Å². The van der Waals surface area contributed by atoms with Crippen LogP contribution < -0.4 is 0 Å². The molecule has 1 aromatic carbocycles. The van der Waals surface area contributed by atoms with Crippen molar-refractivity contribution in [2.75, 3.05) is 13.1 Å². The third-order valence-corrected chi connectivity index (χ3v) is 5.41. The topological polar surface area (TPSA) is 59.0 Å². The Kier molecular flexibility index (Phi) is 5.97. The van der Waals surface area contributed by atoms with E-state index < -0.39 is 11.7 Å². The van der Waals surface area contributed by atoms with Crippen LogP contribution in [0.25, 0.3) is 11.3 Å². The summed E-state index contributed by atoms with van der Waals surface area (Å²) in [5.74, 6) is 0.0181. The summed E-state index contributed by atoms with van der Waals surface area (Å²) in [4.78, 5) is 27.4. The van der Waals surface area contributed by atoms with E-state index in [1.807, 2.05) is 11.0 Å². The van der Waals surface area contributed by atoms with E-state index in [2.05, 4.69) is 15.0 Å². The number of likely N-dealkylation sites (tertiary alicyclic amines) is 1. The van der Waals surface area contributed by atoms with Gasteiger partial charge in [-0.2, -0.15) is 13.2 Å². The first-order valence-electron chi connectivity index (χ1n) is 10.1. The summed E-state index contributed by atoms with van der Waals surface area (Å²) in [7, 11) is 0. The number of aromatic nitrogens is 3. The molecule has 31 heavy (non-hydrogen) atoms. The molecule has 2 aromatic heterocycles. The van der Waals surface area contributed by atoms with Crippen LogP contribution in [0.1, 0.15) is 35.6 Å². The Bertz CT molecular complexity index is 1060. The van der Waals surface area contributed by atoms with Gasteiger partial charge in [0, 0.05) is 43.2 Å². The minimum absolute atomic E-state index is 0.00940. The Hall–Kier alpha value is -3.29. The van der Waals surface area contributed by atoms with Crippen molar-refractivity contribution in [3.8, 4) is 11.3 Å². The molecule has 1 fully saturated rings. The summed E-state index contributed by atoms with van der Waals surface area (Å²) in [6.07, 6.45) is 4.00. The van der Waals surface area contributed by atoms with E-state index in [0.717, 1.165) is 30.5 Å². The molecule has 1 saturated heterocycles. The molecule has 0 bridgehead atoms. The maximum atomic E-state index is 13.1. The lowest BCUT2D eigenvalue weighted by Gasteiger charge is -2.32. The fraction of sp³-hybridized carbons (Fsp3) is 0.304. The van der Waals surface area contributed by atoms with Gasteiger partial charge in [0.15, 0.2) is 0 Å². The Morgan fingerprint density at radius 1 is 1.10 bits per heavy atom. The predicted octanol–water partition coefficient (Wildman–Crippen LogP) is 4.51. The van der Waals surface area contributed by atoms with E-state index in [0.29, 0.717) is 30.0 Å². The second kappa shape index (κ2) is 8.83. The molecule has 0 saturated carbocycles. The highest BCUT2D eigenvalue weighted by Gasteiger charge is 2.31. The van der Waals surface area contributed by atoms with Gasteiger partial charge in [-0.1, -0.05) is 18.2 Å². The average Bonchev–Trinajstić information content (AvgIpc) is 2.79. The summed E-state index contributed by atoms with van der Waals surface area (Å²) in [6, 6.07) is 8.75. The number of benzene rings is 1. The number of hydrogen-bond donors (Lipinski definition) is 0. The van der Waals surface area contributed by atoms with Crippen molar-refractivity contribution >= 4 is 5.91 Å². The fourth-order valence-electron chi connectivity index (χ4n) is 3.81.